The van der Waals surface area contributed by atoms with Crippen LogP contribution in [0.1, 0.15) is 0 Å². The van der Waals surface area contributed by atoms with E-state index in [1.54, 1.807) is 0 Å². The first-order valence-electron chi connectivity index (χ1n) is 4.02. The lowest BCUT2D eigenvalue weighted by atomic mass is 10.3. The monoisotopic (exact) mass is 180 g/mol. The minimum atomic E-state index is 0.00960. The van der Waals surface area contributed by atoms with E-state index in [4.69, 9.17) is 14.6 Å². The molecule has 3 heteroatoms. The Balaban J connectivity index is 2.23. The SMILES string of the molecule is OCCOC=COc1ccccc1. The Kier molecular flexibility index (Phi) is 4.49. The summed E-state index contributed by atoms with van der Waals surface area (Å²) in [5.74, 6) is 0.756. The smallest absolute Gasteiger partial charge is 0.126 e. The van der Waals surface area contributed by atoms with Crippen molar-refractivity contribution < 1.29 is 14.6 Å². The molecule has 1 aromatic carbocycles. The fourth-order valence-electron chi connectivity index (χ4n) is 0.765. The van der Waals surface area contributed by atoms with Crippen molar-refractivity contribution in [3.8, 4) is 5.75 Å². The van der Waals surface area contributed by atoms with Gasteiger partial charge in [-0.05, 0) is 12.1 Å². The highest BCUT2D eigenvalue weighted by atomic mass is 16.5. The minimum Gasteiger partial charge on any atom is -0.496 e. The second-order valence-corrected chi connectivity index (χ2v) is 2.30. The summed E-state index contributed by atoms with van der Waals surface area (Å²) in [6.45, 7) is 0.296. The van der Waals surface area contributed by atoms with Gasteiger partial charge in [-0.15, -0.1) is 0 Å². The van der Waals surface area contributed by atoms with Gasteiger partial charge in [0.2, 0.25) is 0 Å². The predicted octanol–water partition coefficient (Wildman–Crippen LogP) is 1.55. The quantitative estimate of drug-likeness (QED) is 0.552. The maximum atomic E-state index is 8.38. The highest BCUT2D eigenvalue weighted by Gasteiger charge is 1.85. The molecule has 3 nitrogen and oxygen atoms in total. The van der Waals surface area contributed by atoms with Crippen LogP contribution in [-0.2, 0) is 4.74 Å². The first-order valence-corrected chi connectivity index (χ1v) is 4.02. The molecule has 0 amide bonds. The molecule has 0 aliphatic heterocycles. The number of hydrogen-bond donors (Lipinski definition) is 1. The lowest BCUT2D eigenvalue weighted by Crippen LogP contribution is -1.92. The normalized spacial score (nSPS) is 10.2. The van der Waals surface area contributed by atoms with Crippen molar-refractivity contribution in [2.75, 3.05) is 13.2 Å². The van der Waals surface area contributed by atoms with Gasteiger partial charge in [0.25, 0.3) is 0 Å². The molecule has 1 N–H and O–H groups in total. The van der Waals surface area contributed by atoms with Gasteiger partial charge in [0.15, 0.2) is 0 Å². The van der Waals surface area contributed by atoms with Crippen LogP contribution in [-0.4, -0.2) is 18.3 Å². The van der Waals surface area contributed by atoms with E-state index in [1.807, 2.05) is 30.3 Å². The van der Waals surface area contributed by atoms with Crippen molar-refractivity contribution in [1.82, 2.24) is 0 Å². The van der Waals surface area contributed by atoms with Crippen molar-refractivity contribution in [3.05, 3.63) is 42.9 Å². The Morgan fingerprint density at radius 2 is 1.92 bits per heavy atom. The molecule has 0 aromatic heterocycles. The molecule has 0 unspecified atom stereocenters. The Hall–Kier alpha value is -1.48. The molecule has 1 aromatic rings. The molecular weight excluding hydrogens is 168 g/mol. The third-order valence-corrected chi connectivity index (χ3v) is 1.31. The highest BCUT2D eigenvalue weighted by Crippen LogP contribution is 2.07. The summed E-state index contributed by atoms with van der Waals surface area (Å²) in [5.41, 5.74) is 0. The lowest BCUT2D eigenvalue weighted by molar-refractivity contribution is 0.162. The zero-order valence-electron chi connectivity index (χ0n) is 7.22. The Morgan fingerprint density at radius 1 is 1.15 bits per heavy atom. The fourth-order valence-corrected chi connectivity index (χ4v) is 0.765. The lowest BCUT2D eigenvalue weighted by Gasteiger charge is -1.98. The molecule has 0 radical (unpaired) electrons. The Labute approximate surface area is 77.2 Å². The van der Waals surface area contributed by atoms with Crippen molar-refractivity contribution in [3.63, 3.8) is 0 Å². The molecule has 0 heterocycles. The van der Waals surface area contributed by atoms with Crippen molar-refractivity contribution in [1.29, 1.82) is 0 Å². The third-order valence-electron chi connectivity index (χ3n) is 1.31. The minimum absolute atomic E-state index is 0.00960. The molecule has 0 saturated carbocycles. The topological polar surface area (TPSA) is 38.7 Å². The molecule has 0 atom stereocenters. The number of aliphatic hydroxyl groups is 1. The maximum Gasteiger partial charge on any atom is 0.126 e. The third kappa shape index (κ3) is 4.18. The maximum absolute atomic E-state index is 8.38. The van der Waals surface area contributed by atoms with Gasteiger partial charge in [-0.25, -0.2) is 0 Å². The summed E-state index contributed by atoms with van der Waals surface area (Å²) in [6.07, 6.45) is 2.84. The predicted molar refractivity (Wildman–Crippen MR) is 49.2 cm³/mol. The van der Waals surface area contributed by atoms with Gasteiger partial charge in [-0.1, -0.05) is 18.2 Å². The van der Waals surface area contributed by atoms with Crippen molar-refractivity contribution in [2.24, 2.45) is 0 Å². The Morgan fingerprint density at radius 3 is 2.62 bits per heavy atom. The number of ether oxygens (including phenoxy) is 2. The summed E-state index contributed by atoms with van der Waals surface area (Å²) in [7, 11) is 0. The molecule has 70 valence electrons. The molecule has 13 heavy (non-hydrogen) atoms. The summed E-state index contributed by atoms with van der Waals surface area (Å²) in [5, 5.41) is 8.38. The molecule has 0 aliphatic carbocycles. The fraction of sp³-hybridized carbons (Fsp3) is 0.200. The van der Waals surface area contributed by atoms with E-state index in [2.05, 4.69) is 0 Å². The number of hydrogen-bond acceptors (Lipinski definition) is 3. The van der Waals surface area contributed by atoms with Crippen LogP contribution in [0.2, 0.25) is 0 Å². The highest BCUT2D eigenvalue weighted by molar-refractivity contribution is 5.21. The Bertz CT molecular complexity index is 244. The van der Waals surface area contributed by atoms with E-state index in [9.17, 15) is 0 Å². The molecule has 1 rings (SSSR count). The van der Waals surface area contributed by atoms with E-state index in [-0.39, 0.29) is 13.2 Å². The first-order chi connectivity index (χ1) is 6.43. The van der Waals surface area contributed by atoms with Gasteiger partial charge in [0, 0.05) is 0 Å². The van der Waals surface area contributed by atoms with Gasteiger partial charge in [0.1, 0.15) is 24.9 Å². The second kappa shape index (κ2) is 6.08. The van der Waals surface area contributed by atoms with Crippen LogP contribution in [0.3, 0.4) is 0 Å². The van der Waals surface area contributed by atoms with E-state index in [0.717, 1.165) is 5.75 Å². The van der Waals surface area contributed by atoms with Crippen LogP contribution in [0.25, 0.3) is 0 Å². The number of benzene rings is 1. The van der Waals surface area contributed by atoms with E-state index in [0.29, 0.717) is 0 Å². The van der Waals surface area contributed by atoms with Crippen molar-refractivity contribution in [2.45, 2.75) is 0 Å². The number of para-hydroxylation sites is 1. The summed E-state index contributed by atoms with van der Waals surface area (Å²) < 4.78 is 10.0. The first kappa shape index (κ1) is 9.61. The molecule has 0 fully saturated rings. The van der Waals surface area contributed by atoms with Crippen LogP contribution < -0.4 is 4.74 Å². The molecular formula is C10H12O3. The molecule has 0 saturated heterocycles. The van der Waals surface area contributed by atoms with Crippen molar-refractivity contribution >= 4 is 0 Å². The molecule has 0 aliphatic rings. The van der Waals surface area contributed by atoms with Gasteiger partial charge in [-0.3, -0.25) is 0 Å². The van der Waals surface area contributed by atoms with Gasteiger partial charge < -0.3 is 14.6 Å². The molecule has 0 spiro atoms. The number of rotatable bonds is 5. The summed E-state index contributed by atoms with van der Waals surface area (Å²) in [4.78, 5) is 0. The van der Waals surface area contributed by atoms with Crippen LogP contribution in [0.5, 0.6) is 5.75 Å². The zero-order valence-corrected chi connectivity index (χ0v) is 7.22. The van der Waals surface area contributed by atoms with E-state index in [1.165, 1.54) is 12.5 Å². The van der Waals surface area contributed by atoms with Crippen LogP contribution in [0.4, 0.5) is 0 Å². The average Bonchev–Trinajstić information content (AvgIpc) is 2.19. The molecule has 0 bridgehead atoms. The largest absolute Gasteiger partial charge is 0.496 e. The zero-order chi connectivity index (χ0) is 9.36. The van der Waals surface area contributed by atoms with Crippen LogP contribution >= 0.6 is 0 Å². The van der Waals surface area contributed by atoms with Gasteiger partial charge >= 0.3 is 0 Å². The number of aliphatic hydroxyl groups excluding tert-OH is 1. The standard InChI is InChI=1S/C10H12O3/c11-6-7-12-8-9-13-10-4-2-1-3-5-10/h1-5,8-9,11H,6-7H2. The summed E-state index contributed by atoms with van der Waals surface area (Å²) >= 11 is 0. The van der Waals surface area contributed by atoms with E-state index < -0.39 is 0 Å². The van der Waals surface area contributed by atoms with Gasteiger partial charge in [0.05, 0.1) is 6.61 Å². The van der Waals surface area contributed by atoms with E-state index >= 15 is 0 Å². The van der Waals surface area contributed by atoms with Crippen LogP contribution in [0.15, 0.2) is 42.9 Å². The second-order valence-electron chi connectivity index (χ2n) is 2.30. The van der Waals surface area contributed by atoms with Gasteiger partial charge in [-0.2, -0.15) is 0 Å². The van der Waals surface area contributed by atoms with Crippen LogP contribution in [0, 0.1) is 0 Å². The summed E-state index contributed by atoms with van der Waals surface area (Å²) in [6, 6.07) is 9.38. The average molecular weight is 180 g/mol.